The number of likely N-dealkylation sites (tertiary alicyclic amines) is 1. The number of carbonyl (C=O) groups excluding carboxylic acids is 1. The number of β-amino-alcohol motifs (C(OH)–C–C–N with tert-alkyl or cyclic N) is 1. The minimum absolute atomic E-state index is 0.153. The molecule has 0 aliphatic carbocycles. The Hall–Kier alpha value is -2.24. The molecular weight excluding hydrogens is 343 g/mol. The Morgan fingerprint density at radius 2 is 1.78 bits per heavy atom. The molecule has 2 heterocycles. The first kappa shape index (κ1) is 18.1. The van der Waals surface area contributed by atoms with E-state index in [-0.39, 0.29) is 11.7 Å². The molecule has 1 atom stereocenters. The molecule has 0 spiro atoms. The number of aliphatic hydroxyl groups excluding tert-OH is 1. The van der Waals surface area contributed by atoms with Crippen LogP contribution in [0.15, 0.2) is 48.5 Å². The molecule has 0 saturated carbocycles. The summed E-state index contributed by atoms with van der Waals surface area (Å²) in [7, 11) is 0. The van der Waals surface area contributed by atoms with Gasteiger partial charge in [0.15, 0.2) is 0 Å². The third-order valence-corrected chi connectivity index (χ3v) is 5.77. The lowest BCUT2D eigenvalue weighted by Gasteiger charge is -2.34. The zero-order chi connectivity index (χ0) is 18.8. The van der Waals surface area contributed by atoms with Gasteiger partial charge in [-0.2, -0.15) is 0 Å². The molecule has 1 saturated heterocycles. The number of benzene rings is 2. The van der Waals surface area contributed by atoms with E-state index in [1.165, 1.54) is 12.1 Å². The predicted octanol–water partition coefficient (Wildman–Crippen LogP) is 3.23. The number of piperidine rings is 1. The molecule has 1 fully saturated rings. The van der Waals surface area contributed by atoms with Crippen LogP contribution in [0, 0.1) is 11.7 Å². The van der Waals surface area contributed by atoms with Gasteiger partial charge < -0.3 is 14.9 Å². The number of nitrogens with zero attached hydrogens (tertiary/aromatic N) is 2. The van der Waals surface area contributed by atoms with Gasteiger partial charge in [0.1, 0.15) is 5.82 Å². The van der Waals surface area contributed by atoms with Crippen LogP contribution in [0.5, 0.6) is 0 Å². The monoisotopic (exact) mass is 368 g/mol. The summed E-state index contributed by atoms with van der Waals surface area (Å²) in [6, 6.07) is 13.9. The van der Waals surface area contributed by atoms with Gasteiger partial charge in [0.05, 0.1) is 6.10 Å². The number of amides is 1. The molecule has 142 valence electrons. The average molecular weight is 368 g/mol. The van der Waals surface area contributed by atoms with E-state index in [4.69, 9.17) is 0 Å². The standard InChI is InChI=1S/C22H25FN2O2/c23-19-7-5-17(6-8-19)21(26)15-24-11-9-16(10-12-24)13-25-14-18-3-1-2-4-20(18)22(25)27/h1-8,16,21,26H,9-15H2. The van der Waals surface area contributed by atoms with Gasteiger partial charge >= 0.3 is 0 Å². The maximum Gasteiger partial charge on any atom is 0.254 e. The van der Waals surface area contributed by atoms with E-state index >= 15 is 0 Å². The summed E-state index contributed by atoms with van der Waals surface area (Å²) in [5.41, 5.74) is 2.72. The molecule has 0 aromatic heterocycles. The second kappa shape index (κ2) is 7.79. The Kier molecular flexibility index (Phi) is 5.23. The first-order chi connectivity index (χ1) is 13.1. The van der Waals surface area contributed by atoms with Crippen molar-refractivity contribution in [2.24, 2.45) is 5.92 Å². The maximum absolute atomic E-state index is 13.0. The first-order valence-electron chi connectivity index (χ1n) is 9.63. The number of halogens is 1. The van der Waals surface area contributed by atoms with Crippen LogP contribution < -0.4 is 0 Å². The zero-order valence-corrected chi connectivity index (χ0v) is 15.4. The van der Waals surface area contributed by atoms with E-state index in [1.54, 1.807) is 12.1 Å². The van der Waals surface area contributed by atoms with Crippen molar-refractivity contribution in [1.29, 1.82) is 0 Å². The van der Waals surface area contributed by atoms with E-state index in [2.05, 4.69) is 4.90 Å². The summed E-state index contributed by atoms with van der Waals surface area (Å²) >= 11 is 0. The molecule has 1 amide bonds. The highest BCUT2D eigenvalue weighted by Crippen LogP contribution is 2.27. The van der Waals surface area contributed by atoms with Gasteiger partial charge in [-0.05, 0) is 61.2 Å². The van der Waals surface area contributed by atoms with Crippen molar-refractivity contribution in [3.8, 4) is 0 Å². The average Bonchev–Trinajstić information content (AvgIpc) is 3.00. The highest BCUT2D eigenvalue weighted by molar-refractivity contribution is 5.98. The summed E-state index contributed by atoms with van der Waals surface area (Å²) in [4.78, 5) is 16.7. The van der Waals surface area contributed by atoms with Gasteiger partial charge in [-0.15, -0.1) is 0 Å². The molecule has 0 radical (unpaired) electrons. The second-order valence-electron chi connectivity index (χ2n) is 7.65. The number of fused-ring (bicyclic) bond motifs is 1. The van der Waals surface area contributed by atoms with Crippen LogP contribution in [0.2, 0.25) is 0 Å². The number of hydrogen-bond acceptors (Lipinski definition) is 3. The highest BCUT2D eigenvalue weighted by atomic mass is 19.1. The summed E-state index contributed by atoms with van der Waals surface area (Å²) in [6.45, 7) is 3.92. The summed E-state index contributed by atoms with van der Waals surface area (Å²) in [5.74, 6) is 0.368. The van der Waals surface area contributed by atoms with Gasteiger partial charge in [0.2, 0.25) is 0 Å². The highest BCUT2D eigenvalue weighted by Gasteiger charge is 2.30. The third-order valence-electron chi connectivity index (χ3n) is 5.77. The van der Waals surface area contributed by atoms with E-state index in [9.17, 15) is 14.3 Å². The number of rotatable bonds is 5. The molecule has 5 heteroatoms. The Bertz CT molecular complexity index is 800. The molecule has 4 nitrogen and oxygen atoms in total. The molecule has 2 aliphatic heterocycles. The molecule has 1 N–H and O–H groups in total. The van der Waals surface area contributed by atoms with Crippen LogP contribution in [-0.2, 0) is 6.54 Å². The van der Waals surface area contributed by atoms with Crippen molar-refractivity contribution in [2.75, 3.05) is 26.2 Å². The summed E-state index contributed by atoms with van der Waals surface area (Å²) < 4.78 is 13.0. The van der Waals surface area contributed by atoms with Crippen molar-refractivity contribution in [2.45, 2.75) is 25.5 Å². The smallest absolute Gasteiger partial charge is 0.254 e. The van der Waals surface area contributed by atoms with Gasteiger partial charge in [0.25, 0.3) is 5.91 Å². The quantitative estimate of drug-likeness (QED) is 0.881. The van der Waals surface area contributed by atoms with Crippen molar-refractivity contribution in [1.82, 2.24) is 9.80 Å². The minimum Gasteiger partial charge on any atom is -0.387 e. The molecule has 27 heavy (non-hydrogen) atoms. The normalized spacial score (nSPS) is 19.3. The lowest BCUT2D eigenvalue weighted by atomic mass is 9.95. The third kappa shape index (κ3) is 4.04. The van der Waals surface area contributed by atoms with Crippen molar-refractivity contribution in [3.05, 3.63) is 71.0 Å². The fourth-order valence-electron chi connectivity index (χ4n) is 4.16. The van der Waals surface area contributed by atoms with Crippen molar-refractivity contribution >= 4 is 5.91 Å². The van der Waals surface area contributed by atoms with Crippen LogP contribution >= 0.6 is 0 Å². The second-order valence-corrected chi connectivity index (χ2v) is 7.65. The van der Waals surface area contributed by atoms with Gasteiger partial charge in [0, 0.05) is 25.2 Å². The largest absolute Gasteiger partial charge is 0.387 e. The lowest BCUT2D eigenvalue weighted by molar-refractivity contribution is 0.0654. The minimum atomic E-state index is -0.600. The summed E-state index contributed by atoms with van der Waals surface area (Å²) in [6.07, 6.45) is 1.45. The Morgan fingerprint density at radius 3 is 2.48 bits per heavy atom. The SMILES string of the molecule is O=C1c2ccccc2CN1CC1CCN(CC(O)c2ccc(F)cc2)CC1. The summed E-state index contributed by atoms with van der Waals surface area (Å²) in [5, 5.41) is 10.4. The topological polar surface area (TPSA) is 43.8 Å². The predicted molar refractivity (Wildman–Crippen MR) is 102 cm³/mol. The molecule has 0 bridgehead atoms. The van der Waals surface area contributed by atoms with Crippen molar-refractivity contribution in [3.63, 3.8) is 0 Å². The Morgan fingerprint density at radius 1 is 1.07 bits per heavy atom. The van der Waals surface area contributed by atoms with Crippen LogP contribution in [0.3, 0.4) is 0 Å². The van der Waals surface area contributed by atoms with E-state index < -0.39 is 6.10 Å². The molecule has 4 rings (SSSR count). The number of carbonyl (C=O) groups is 1. The molecule has 2 aromatic carbocycles. The maximum atomic E-state index is 13.0. The lowest BCUT2D eigenvalue weighted by Crippen LogP contribution is -2.40. The van der Waals surface area contributed by atoms with E-state index in [0.717, 1.165) is 55.7 Å². The molecule has 1 unspecified atom stereocenters. The fraction of sp³-hybridized carbons (Fsp3) is 0.409. The van der Waals surface area contributed by atoms with Gasteiger partial charge in [-0.3, -0.25) is 4.79 Å². The van der Waals surface area contributed by atoms with Crippen LogP contribution in [0.4, 0.5) is 4.39 Å². The van der Waals surface area contributed by atoms with E-state index in [1.807, 2.05) is 29.2 Å². The molecule has 2 aromatic rings. The van der Waals surface area contributed by atoms with Crippen LogP contribution in [0.25, 0.3) is 0 Å². The first-order valence-corrected chi connectivity index (χ1v) is 9.63. The number of hydrogen-bond donors (Lipinski definition) is 1. The molecule has 2 aliphatic rings. The van der Waals surface area contributed by atoms with Gasteiger partial charge in [-0.1, -0.05) is 30.3 Å². The van der Waals surface area contributed by atoms with Crippen molar-refractivity contribution < 1.29 is 14.3 Å². The Balaban J connectivity index is 1.26. The Labute approximate surface area is 159 Å². The van der Waals surface area contributed by atoms with Crippen LogP contribution in [0.1, 0.15) is 40.4 Å². The zero-order valence-electron chi connectivity index (χ0n) is 15.4. The number of aliphatic hydroxyl groups is 1. The molecular formula is C22H25FN2O2. The van der Waals surface area contributed by atoms with Crippen LogP contribution in [-0.4, -0.2) is 47.0 Å². The van der Waals surface area contributed by atoms with E-state index in [0.29, 0.717) is 12.5 Å². The fourth-order valence-corrected chi connectivity index (χ4v) is 4.16. The van der Waals surface area contributed by atoms with Gasteiger partial charge in [-0.25, -0.2) is 4.39 Å².